The third-order valence-electron chi connectivity index (χ3n) is 2.47. The summed E-state index contributed by atoms with van der Waals surface area (Å²) in [5, 5.41) is 14.0. The number of hydrogen-bond acceptors (Lipinski definition) is 5. The van der Waals surface area contributed by atoms with Gasteiger partial charge in [0.15, 0.2) is 0 Å². The summed E-state index contributed by atoms with van der Waals surface area (Å²) in [5.74, 6) is 0.286. The van der Waals surface area contributed by atoms with Gasteiger partial charge in [0, 0.05) is 30.1 Å². The number of nitrogens with one attached hydrogen (secondary N) is 1. The van der Waals surface area contributed by atoms with E-state index in [0.29, 0.717) is 5.69 Å². The normalized spacial score (nSPS) is 10.5. The monoisotopic (exact) mass is 258 g/mol. The van der Waals surface area contributed by atoms with Crippen LogP contribution in [0.15, 0.2) is 36.7 Å². The average Bonchev–Trinajstić information content (AvgIpc) is 2.38. The van der Waals surface area contributed by atoms with Gasteiger partial charge in [0.05, 0.1) is 10.6 Å². The molecular formula is C13H14N4O2. The fraction of sp³-hybridized carbons (Fsp3) is 0.231. The molecule has 2 aromatic rings. The number of anilines is 1. The molecule has 0 aromatic carbocycles. The van der Waals surface area contributed by atoms with Crippen LogP contribution in [0.2, 0.25) is 0 Å². The van der Waals surface area contributed by atoms with Crippen LogP contribution in [0.1, 0.15) is 13.8 Å². The van der Waals surface area contributed by atoms with Crippen molar-refractivity contribution >= 4 is 11.5 Å². The Kier molecular flexibility index (Phi) is 3.70. The zero-order chi connectivity index (χ0) is 13.8. The zero-order valence-corrected chi connectivity index (χ0v) is 10.7. The minimum Gasteiger partial charge on any atom is -0.362 e. The Morgan fingerprint density at radius 2 is 1.89 bits per heavy atom. The molecule has 1 N–H and O–H groups in total. The molecule has 0 saturated heterocycles. The van der Waals surface area contributed by atoms with Gasteiger partial charge in [-0.2, -0.15) is 0 Å². The molecule has 0 radical (unpaired) electrons. The fourth-order valence-corrected chi connectivity index (χ4v) is 1.66. The van der Waals surface area contributed by atoms with E-state index in [1.165, 1.54) is 6.07 Å². The summed E-state index contributed by atoms with van der Waals surface area (Å²) in [6.45, 7) is 3.81. The van der Waals surface area contributed by atoms with Gasteiger partial charge in [-0.25, -0.2) is 4.98 Å². The van der Waals surface area contributed by atoms with Crippen molar-refractivity contribution in [3.8, 4) is 11.3 Å². The van der Waals surface area contributed by atoms with E-state index in [-0.39, 0.29) is 17.5 Å². The van der Waals surface area contributed by atoms with E-state index in [1.807, 2.05) is 26.0 Å². The second-order valence-electron chi connectivity index (χ2n) is 4.36. The van der Waals surface area contributed by atoms with Gasteiger partial charge in [0.1, 0.15) is 0 Å². The Bertz CT molecular complexity index is 584. The quantitative estimate of drug-likeness (QED) is 0.673. The van der Waals surface area contributed by atoms with Crippen LogP contribution in [0.5, 0.6) is 0 Å². The van der Waals surface area contributed by atoms with Crippen molar-refractivity contribution in [3.05, 3.63) is 46.8 Å². The molecule has 0 bridgehead atoms. The maximum Gasteiger partial charge on any atom is 0.311 e. The maximum absolute atomic E-state index is 11.0. The summed E-state index contributed by atoms with van der Waals surface area (Å²) >= 11 is 0. The molecule has 0 spiro atoms. The highest BCUT2D eigenvalue weighted by molar-refractivity contribution is 5.66. The number of pyridine rings is 2. The number of nitrogens with zero attached hydrogens (tertiary/aromatic N) is 3. The molecule has 6 nitrogen and oxygen atoms in total. The topological polar surface area (TPSA) is 81.0 Å². The van der Waals surface area contributed by atoms with Gasteiger partial charge in [0.2, 0.25) is 5.82 Å². The third-order valence-corrected chi connectivity index (χ3v) is 2.47. The van der Waals surface area contributed by atoms with Crippen LogP contribution in [0.25, 0.3) is 11.3 Å². The van der Waals surface area contributed by atoms with Crippen LogP contribution in [-0.2, 0) is 0 Å². The highest BCUT2D eigenvalue weighted by Crippen LogP contribution is 2.26. The predicted molar refractivity (Wildman–Crippen MR) is 72.9 cm³/mol. The number of rotatable bonds is 4. The molecule has 0 saturated carbocycles. The van der Waals surface area contributed by atoms with Gasteiger partial charge in [-0.3, -0.25) is 15.1 Å². The van der Waals surface area contributed by atoms with Crippen LogP contribution in [-0.4, -0.2) is 20.9 Å². The van der Waals surface area contributed by atoms with Crippen LogP contribution in [0, 0.1) is 10.1 Å². The summed E-state index contributed by atoms with van der Waals surface area (Å²) in [5.41, 5.74) is 1.53. The first-order chi connectivity index (χ1) is 9.08. The fourth-order valence-electron chi connectivity index (χ4n) is 1.66. The first kappa shape index (κ1) is 12.9. The molecular weight excluding hydrogens is 244 g/mol. The molecule has 6 heteroatoms. The number of nitro groups is 1. The third kappa shape index (κ3) is 3.04. The van der Waals surface area contributed by atoms with E-state index >= 15 is 0 Å². The molecule has 0 aliphatic carbocycles. The molecule has 0 aliphatic rings. The predicted octanol–water partition coefficient (Wildman–Crippen LogP) is 2.87. The molecule has 19 heavy (non-hydrogen) atoms. The van der Waals surface area contributed by atoms with E-state index in [1.54, 1.807) is 18.5 Å². The van der Waals surface area contributed by atoms with Crippen LogP contribution in [0.3, 0.4) is 0 Å². The van der Waals surface area contributed by atoms with Gasteiger partial charge >= 0.3 is 5.69 Å². The SMILES string of the molecule is CC(C)Nc1nc(-c2ccncc2)ccc1[N+](=O)[O-]. The van der Waals surface area contributed by atoms with Gasteiger partial charge in [-0.1, -0.05) is 0 Å². The molecule has 2 aromatic heterocycles. The first-order valence-corrected chi connectivity index (χ1v) is 5.90. The first-order valence-electron chi connectivity index (χ1n) is 5.90. The molecule has 0 amide bonds. The Hall–Kier alpha value is -2.50. The van der Waals surface area contributed by atoms with Crippen molar-refractivity contribution in [2.45, 2.75) is 19.9 Å². The van der Waals surface area contributed by atoms with Crippen molar-refractivity contribution in [2.75, 3.05) is 5.32 Å². The Labute approximate surface area is 110 Å². The van der Waals surface area contributed by atoms with E-state index in [0.717, 1.165) is 5.56 Å². The van der Waals surface area contributed by atoms with E-state index in [9.17, 15) is 10.1 Å². The molecule has 0 aliphatic heterocycles. The smallest absolute Gasteiger partial charge is 0.311 e. The zero-order valence-electron chi connectivity index (χ0n) is 10.7. The highest BCUT2D eigenvalue weighted by Gasteiger charge is 2.17. The second-order valence-corrected chi connectivity index (χ2v) is 4.36. The highest BCUT2D eigenvalue weighted by atomic mass is 16.6. The van der Waals surface area contributed by atoms with Crippen LogP contribution < -0.4 is 5.32 Å². The molecule has 0 fully saturated rings. The second kappa shape index (κ2) is 5.43. The Balaban J connectivity index is 2.46. The van der Waals surface area contributed by atoms with Crippen molar-refractivity contribution in [1.29, 1.82) is 0 Å². The minimum atomic E-state index is -0.436. The summed E-state index contributed by atoms with van der Waals surface area (Å²) < 4.78 is 0. The largest absolute Gasteiger partial charge is 0.362 e. The molecule has 2 rings (SSSR count). The van der Waals surface area contributed by atoms with Gasteiger partial charge in [0.25, 0.3) is 0 Å². The lowest BCUT2D eigenvalue weighted by molar-refractivity contribution is -0.384. The van der Waals surface area contributed by atoms with Crippen LogP contribution >= 0.6 is 0 Å². The number of aromatic nitrogens is 2. The summed E-state index contributed by atoms with van der Waals surface area (Å²) in [7, 11) is 0. The molecule has 0 atom stereocenters. The lowest BCUT2D eigenvalue weighted by Crippen LogP contribution is -2.13. The Morgan fingerprint density at radius 1 is 1.21 bits per heavy atom. The van der Waals surface area contributed by atoms with Crippen molar-refractivity contribution < 1.29 is 4.92 Å². The summed E-state index contributed by atoms with van der Waals surface area (Å²) in [6, 6.07) is 6.80. The van der Waals surface area contributed by atoms with Crippen molar-refractivity contribution in [3.63, 3.8) is 0 Å². The Morgan fingerprint density at radius 3 is 2.47 bits per heavy atom. The molecule has 98 valence electrons. The average molecular weight is 258 g/mol. The van der Waals surface area contributed by atoms with Gasteiger partial charge < -0.3 is 5.32 Å². The van der Waals surface area contributed by atoms with Gasteiger partial charge in [-0.05, 0) is 32.0 Å². The molecule has 2 heterocycles. The maximum atomic E-state index is 11.0. The lowest BCUT2D eigenvalue weighted by atomic mass is 10.1. The summed E-state index contributed by atoms with van der Waals surface area (Å²) in [4.78, 5) is 18.8. The number of hydrogen-bond donors (Lipinski definition) is 1. The summed E-state index contributed by atoms with van der Waals surface area (Å²) in [6.07, 6.45) is 3.32. The van der Waals surface area contributed by atoms with E-state index in [4.69, 9.17) is 0 Å². The lowest BCUT2D eigenvalue weighted by Gasteiger charge is -2.10. The van der Waals surface area contributed by atoms with Crippen molar-refractivity contribution in [2.24, 2.45) is 0 Å². The van der Waals surface area contributed by atoms with Crippen LogP contribution in [0.4, 0.5) is 11.5 Å². The minimum absolute atomic E-state index is 0.0218. The van der Waals surface area contributed by atoms with Gasteiger partial charge in [-0.15, -0.1) is 0 Å². The van der Waals surface area contributed by atoms with Crippen molar-refractivity contribution in [1.82, 2.24) is 9.97 Å². The molecule has 0 unspecified atom stereocenters. The van der Waals surface area contributed by atoms with E-state index < -0.39 is 4.92 Å². The standard InChI is InChI=1S/C13H14N4O2/c1-9(2)15-13-12(17(18)19)4-3-11(16-13)10-5-7-14-8-6-10/h3-9H,1-2H3,(H,15,16). The van der Waals surface area contributed by atoms with E-state index in [2.05, 4.69) is 15.3 Å².